The molecule has 0 aromatic rings. The fourth-order valence-electron chi connectivity index (χ4n) is 2.59. The highest BCUT2D eigenvalue weighted by atomic mass is 16.5. The SMILES string of the molecule is COC(=O)CN1CC2CCCCC21. The van der Waals surface area contributed by atoms with Gasteiger partial charge in [0.2, 0.25) is 0 Å². The van der Waals surface area contributed by atoms with Gasteiger partial charge in [-0.2, -0.15) is 0 Å². The Bertz CT molecular complexity index is 205. The van der Waals surface area contributed by atoms with E-state index in [0.29, 0.717) is 12.6 Å². The molecule has 2 rings (SSSR count). The summed E-state index contributed by atoms with van der Waals surface area (Å²) in [5.41, 5.74) is 0. The molecule has 2 unspecified atom stereocenters. The second kappa shape index (κ2) is 3.66. The minimum absolute atomic E-state index is 0.0935. The van der Waals surface area contributed by atoms with Crippen molar-refractivity contribution in [3.8, 4) is 0 Å². The van der Waals surface area contributed by atoms with Crippen molar-refractivity contribution in [3.63, 3.8) is 0 Å². The van der Waals surface area contributed by atoms with Crippen LogP contribution in [0.3, 0.4) is 0 Å². The number of ether oxygens (including phenoxy) is 1. The first-order chi connectivity index (χ1) is 6.31. The molecular weight excluding hydrogens is 166 g/mol. The second-order valence-corrected chi connectivity index (χ2v) is 4.12. The van der Waals surface area contributed by atoms with E-state index in [9.17, 15) is 4.79 Å². The van der Waals surface area contributed by atoms with Gasteiger partial charge in [-0.25, -0.2) is 0 Å². The maximum absolute atomic E-state index is 11.0. The number of methoxy groups -OCH3 is 1. The summed E-state index contributed by atoms with van der Waals surface area (Å²) in [4.78, 5) is 13.3. The van der Waals surface area contributed by atoms with Crippen molar-refractivity contribution in [1.82, 2.24) is 4.90 Å². The second-order valence-electron chi connectivity index (χ2n) is 4.12. The summed E-state index contributed by atoms with van der Waals surface area (Å²) in [6, 6.07) is 0.688. The minimum Gasteiger partial charge on any atom is -0.468 e. The van der Waals surface area contributed by atoms with Gasteiger partial charge in [0.05, 0.1) is 13.7 Å². The number of esters is 1. The molecule has 2 fully saturated rings. The Hall–Kier alpha value is -0.570. The molecule has 0 amide bonds. The third-order valence-electron chi connectivity index (χ3n) is 3.37. The molecule has 0 aromatic carbocycles. The molecule has 3 nitrogen and oxygen atoms in total. The summed E-state index contributed by atoms with van der Waals surface area (Å²) in [6.45, 7) is 1.61. The molecule has 0 spiro atoms. The van der Waals surface area contributed by atoms with Crippen molar-refractivity contribution in [2.24, 2.45) is 5.92 Å². The van der Waals surface area contributed by atoms with Gasteiger partial charge in [0.1, 0.15) is 0 Å². The van der Waals surface area contributed by atoms with Crippen LogP contribution < -0.4 is 0 Å². The first-order valence-electron chi connectivity index (χ1n) is 5.12. The van der Waals surface area contributed by atoms with E-state index < -0.39 is 0 Å². The van der Waals surface area contributed by atoms with E-state index in [1.54, 1.807) is 0 Å². The van der Waals surface area contributed by atoms with Crippen LogP contribution in [0.2, 0.25) is 0 Å². The van der Waals surface area contributed by atoms with E-state index in [-0.39, 0.29) is 5.97 Å². The smallest absolute Gasteiger partial charge is 0.319 e. The predicted octanol–water partition coefficient (Wildman–Crippen LogP) is 1.03. The van der Waals surface area contributed by atoms with E-state index in [4.69, 9.17) is 0 Å². The lowest BCUT2D eigenvalue weighted by atomic mass is 9.77. The largest absolute Gasteiger partial charge is 0.468 e. The summed E-state index contributed by atoms with van der Waals surface area (Å²) < 4.78 is 4.66. The fraction of sp³-hybridized carbons (Fsp3) is 0.900. The number of carbonyl (C=O) groups is 1. The molecule has 1 saturated carbocycles. The summed E-state index contributed by atoms with van der Waals surface area (Å²) in [5.74, 6) is 0.780. The zero-order valence-corrected chi connectivity index (χ0v) is 8.16. The number of likely N-dealkylation sites (tertiary alicyclic amines) is 1. The number of rotatable bonds is 2. The van der Waals surface area contributed by atoms with Crippen molar-refractivity contribution in [1.29, 1.82) is 0 Å². The van der Waals surface area contributed by atoms with Gasteiger partial charge in [-0.15, -0.1) is 0 Å². The zero-order valence-electron chi connectivity index (χ0n) is 8.16. The molecule has 3 heteroatoms. The van der Waals surface area contributed by atoms with Gasteiger partial charge in [0, 0.05) is 12.6 Å². The number of hydrogen-bond donors (Lipinski definition) is 0. The lowest BCUT2D eigenvalue weighted by Gasteiger charge is -2.50. The molecule has 0 N–H and O–H groups in total. The summed E-state index contributed by atoms with van der Waals surface area (Å²) in [7, 11) is 1.46. The third kappa shape index (κ3) is 1.70. The van der Waals surface area contributed by atoms with E-state index in [2.05, 4.69) is 9.64 Å². The Morgan fingerprint density at radius 3 is 2.92 bits per heavy atom. The quantitative estimate of drug-likeness (QED) is 0.599. The molecule has 74 valence electrons. The summed E-state index contributed by atoms with van der Waals surface area (Å²) in [5, 5.41) is 0. The van der Waals surface area contributed by atoms with E-state index in [1.165, 1.54) is 32.8 Å². The van der Waals surface area contributed by atoms with Crippen molar-refractivity contribution >= 4 is 5.97 Å². The molecule has 1 heterocycles. The average Bonchev–Trinajstić information content (AvgIpc) is 2.14. The van der Waals surface area contributed by atoms with Crippen LogP contribution in [0, 0.1) is 5.92 Å². The van der Waals surface area contributed by atoms with Crippen molar-refractivity contribution in [2.75, 3.05) is 20.2 Å². The van der Waals surface area contributed by atoms with Crippen LogP contribution >= 0.6 is 0 Å². The molecule has 13 heavy (non-hydrogen) atoms. The zero-order chi connectivity index (χ0) is 9.26. The molecular formula is C10H17NO2. The third-order valence-corrected chi connectivity index (χ3v) is 3.37. The standard InChI is InChI=1S/C10H17NO2/c1-13-10(12)7-11-6-8-4-2-3-5-9(8)11/h8-9H,2-7H2,1H3. The monoisotopic (exact) mass is 183 g/mol. The molecule has 1 aliphatic carbocycles. The van der Waals surface area contributed by atoms with Crippen molar-refractivity contribution < 1.29 is 9.53 Å². The maximum atomic E-state index is 11.0. The van der Waals surface area contributed by atoms with Crippen LogP contribution in [-0.4, -0.2) is 37.1 Å². The van der Waals surface area contributed by atoms with Crippen molar-refractivity contribution in [2.45, 2.75) is 31.7 Å². The van der Waals surface area contributed by atoms with Gasteiger partial charge in [-0.1, -0.05) is 12.8 Å². The maximum Gasteiger partial charge on any atom is 0.319 e. The molecule has 0 aromatic heterocycles. The molecule has 0 radical (unpaired) electrons. The van der Waals surface area contributed by atoms with E-state index in [1.807, 2.05) is 0 Å². The van der Waals surface area contributed by atoms with Gasteiger partial charge in [-0.3, -0.25) is 9.69 Å². The Morgan fingerprint density at radius 2 is 2.23 bits per heavy atom. The Kier molecular flexibility index (Phi) is 2.54. The van der Waals surface area contributed by atoms with Gasteiger partial charge < -0.3 is 4.74 Å². The Morgan fingerprint density at radius 1 is 1.46 bits per heavy atom. The molecule has 1 aliphatic heterocycles. The number of hydrogen-bond acceptors (Lipinski definition) is 3. The van der Waals surface area contributed by atoms with Crippen LogP contribution in [0.5, 0.6) is 0 Å². The summed E-state index contributed by atoms with van der Waals surface area (Å²) >= 11 is 0. The Balaban J connectivity index is 1.80. The van der Waals surface area contributed by atoms with Crippen LogP contribution in [-0.2, 0) is 9.53 Å². The van der Waals surface area contributed by atoms with E-state index >= 15 is 0 Å². The number of fused-ring (bicyclic) bond motifs is 1. The number of nitrogens with zero attached hydrogens (tertiary/aromatic N) is 1. The van der Waals surface area contributed by atoms with E-state index in [0.717, 1.165) is 12.5 Å². The molecule has 2 atom stereocenters. The van der Waals surface area contributed by atoms with Crippen LogP contribution in [0.4, 0.5) is 0 Å². The topological polar surface area (TPSA) is 29.5 Å². The fourth-order valence-corrected chi connectivity index (χ4v) is 2.59. The predicted molar refractivity (Wildman–Crippen MR) is 49.3 cm³/mol. The van der Waals surface area contributed by atoms with Gasteiger partial charge in [0.15, 0.2) is 0 Å². The van der Waals surface area contributed by atoms with Gasteiger partial charge >= 0.3 is 5.97 Å². The highest BCUT2D eigenvalue weighted by Crippen LogP contribution is 2.36. The highest BCUT2D eigenvalue weighted by molar-refractivity contribution is 5.71. The van der Waals surface area contributed by atoms with Crippen molar-refractivity contribution in [3.05, 3.63) is 0 Å². The van der Waals surface area contributed by atoms with Crippen LogP contribution in [0.25, 0.3) is 0 Å². The first-order valence-corrected chi connectivity index (χ1v) is 5.12. The summed E-state index contributed by atoms with van der Waals surface area (Å²) in [6.07, 6.45) is 5.36. The van der Waals surface area contributed by atoms with Crippen LogP contribution in [0.15, 0.2) is 0 Å². The first kappa shape index (κ1) is 9.00. The van der Waals surface area contributed by atoms with Crippen LogP contribution in [0.1, 0.15) is 25.7 Å². The molecule has 2 aliphatic rings. The normalized spacial score (nSPS) is 33.3. The lowest BCUT2D eigenvalue weighted by molar-refractivity contribution is -0.146. The Labute approximate surface area is 79.0 Å². The number of carbonyl (C=O) groups excluding carboxylic acids is 1. The average molecular weight is 183 g/mol. The van der Waals surface area contributed by atoms with Gasteiger partial charge in [-0.05, 0) is 18.8 Å². The molecule has 0 bridgehead atoms. The highest BCUT2D eigenvalue weighted by Gasteiger charge is 2.40. The van der Waals surface area contributed by atoms with Gasteiger partial charge in [0.25, 0.3) is 0 Å². The lowest BCUT2D eigenvalue weighted by Crippen LogP contribution is -2.58. The minimum atomic E-state index is -0.0935. The molecule has 1 saturated heterocycles.